The van der Waals surface area contributed by atoms with Gasteiger partial charge in [0.1, 0.15) is 17.3 Å². The van der Waals surface area contributed by atoms with Crippen LogP contribution in [0.1, 0.15) is 10.4 Å². The third-order valence-corrected chi connectivity index (χ3v) is 2.57. The Morgan fingerprint density at radius 3 is 2.63 bits per heavy atom. The van der Waals surface area contributed by atoms with Gasteiger partial charge in [-0.2, -0.15) is 0 Å². The Morgan fingerprint density at radius 1 is 1.26 bits per heavy atom. The van der Waals surface area contributed by atoms with E-state index in [1.807, 2.05) is 0 Å². The SMILES string of the molecule is COc1ccc(C(=O)Nc2ccccc2F)c(O)c1. The fourth-order valence-electron chi connectivity index (χ4n) is 1.58. The van der Waals surface area contributed by atoms with Crippen molar-refractivity contribution >= 4 is 11.6 Å². The first-order valence-electron chi connectivity index (χ1n) is 5.54. The number of ether oxygens (including phenoxy) is 1. The van der Waals surface area contributed by atoms with Crippen LogP contribution in [0.4, 0.5) is 10.1 Å². The molecule has 0 aliphatic rings. The Balaban J connectivity index is 2.23. The van der Waals surface area contributed by atoms with Gasteiger partial charge in [0.25, 0.3) is 5.91 Å². The molecule has 0 atom stereocenters. The van der Waals surface area contributed by atoms with Crippen LogP contribution in [-0.2, 0) is 0 Å². The molecule has 0 unspecified atom stereocenters. The maximum absolute atomic E-state index is 13.4. The third-order valence-electron chi connectivity index (χ3n) is 2.57. The number of halogens is 1. The number of phenols is 1. The van der Waals surface area contributed by atoms with Gasteiger partial charge >= 0.3 is 0 Å². The third kappa shape index (κ3) is 2.82. The monoisotopic (exact) mass is 261 g/mol. The first-order valence-corrected chi connectivity index (χ1v) is 5.54. The van der Waals surface area contributed by atoms with Crippen molar-refractivity contribution < 1.29 is 19.0 Å². The van der Waals surface area contributed by atoms with Crippen LogP contribution >= 0.6 is 0 Å². The molecule has 2 N–H and O–H groups in total. The van der Waals surface area contributed by atoms with Crippen LogP contribution in [-0.4, -0.2) is 18.1 Å². The van der Waals surface area contributed by atoms with Gasteiger partial charge in [-0.25, -0.2) is 4.39 Å². The lowest BCUT2D eigenvalue weighted by molar-refractivity contribution is 0.102. The molecular formula is C14H12FNO3. The number of anilines is 1. The van der Waals surface area contributed by atoms with Crippen LogP contribution in [0, 0.1) is 5.82 Å². The number of hydrogen-bond acceptors (Lipinski definition) is 3. The second-order valence-corrected chi connectivity index (χ2v) is 3.82. The Kier molecular flexibility index (Phi) is 3.66. The summed E-state index contributed by atoms with van der Waals surface area (Å²) in [5.74, 6) is -0.928. The van der Waals surface area contributed by atoms with Gasteiger partial charge in [0, 0.05) is 6.07 Å². The van der Waals surface area contributed by atoms with Crippen LogP contribution in [0.5, 0.6) is 11.5 Å². The Hall–Kier alpha value is -2.56. The number of para-hydroxylation sites is 1. The molecule has 19 heavy (non-hydrogen) atoms. The van der Waals surface area contributed by atoms with E-state index in [0.717, 1.165) is 0 Å². The number of amides is 1. The largest absolute Gasteiger partial charge is 0.507 e. The number of aromatic hydroxyl groups is 1. The van der Waals surface area contributed by atoms with Crippen molar-refractivity contribution in [3.63, 3.8) is 0 Å². The molecule has 0 bridgehead atoms. The molecule has 2 aromatic rings. The highest BCUT2D eigenvalue weighted by Crippen LogP contribution is 2.24. The molecule has 0 fully saturated rings. The average molecular weight is 261 g/mol. The maximum atomic E-state index is 13.4. The van der Waals surface area contributed by atoms with Gasteiger partial charge in [-0.1, -0.05) is 12.1 Å². The van der Waals surface area contributed by atoms with Gasteiger partial charge in [-0.3, -0.25) is 4.79 Å². The fourth-order valence-corrected chi connectivity index (χ4v) is 1.58. The minimum Gasteiger partial charge on any atom is -0.507 e. The molecule has 0 aromatic heterocycles. The predicted octanol–water partition coefficient (Wildman–Crippen LogP) is 2.79. The number of carbonyl (C=O) groups is 1. The summed E-state index contributed by atoms with van der Waals surface area (Å²) < 4.78 is 18.3. The molecule has 0 radical (unpaired) electrons. The zero-order valence-electron chi connectivity index (χ0n) is 10.2. The van der Waals surface area contributed by atoms with E-state index in [0.29, 0.717) is 5.75 Å². The van der Waals surface area contributed by atoms with Gasteiger partial charge < -0.3 is 15.2 Å². The molecule has 0 aliphatic heterocycles. The molecule has 98 valence electrons. The highest BCUT2D eigenvalue weighted by molar-refractivity contribution is 6.06. The van der Waals surface area contributed by atoms with Crippen LogP contribution < -0.4 is 10.1 Å². The summed E-state index contributed by atoms with van der Waals surface area (Å²) in [5.41, 5.74) is 0.103. The van der Waals surface area contributed by atoms with E-state index in [4.69, 9.17) is 4.74 Å². The molecule has 0 heterocycles. The van der Waals surface area contributed by atoms with Crippen molar-refractivity contribution in [2.24, 2.45) is 0 Å². The summed E-state index contributed by atoms with van der Waals surface area (Å²) in [6, 6.07) is 10.1. The van der Waals surface area contributed by atoms with Crippen molar-refractivity contribution in [2.75, 3.05) is 12.4 Å². The maximum Gasteiger partial charge on any atom is 0.259 e. The minimum atomic E-state index is -0.592. The van der Waals surface area contributed by atoms with Crippen molar-refractivity contribution in [3.05, 3.63) is 53.8 Å². The zero-order valence-corrected chi connectivity index (χ0v) is 10.2. The minimum absolute atomic E-state index is 0.0454. The molecule has 2 rings (SSSR count). The van der Waals surface area contributed by atoms with Crippen molar-refractivity contribution in [2.45, 2.75) is 0 Å². The van der Waals surface area contributed by atoms with Crippen LogP contribution in [0.3, 0.4) is 0 Å². The standard InChI is InChI=1S/C14H12FNO3/c1-19-9-6-7-10(13(17)8-9)14(18)16-12-5-3-2-4-11(12)15/h2-8,17H,1H3,(H,16,18). The van der Waals surface area contributed by atoms with E-state index in [9.17, 15) is 14.3 Å². The summed E-state index contributed by atoms with van der Waals surface area (Å²) in [5, 5.41) is 12.1. The number of benzene rings is 2. The van der Waals surface area contributed by atoms with E-state index in [1.165, 1.54) is 43.5 Å². The molecule has 4 nitrogen and oxygen atoms in total. The van der Waals surface area contributed by atoms with Gasteiger partial charge in [0.05, 0.1) is 18.4 Å². The summed E-state index contributed by atoms with van der Waals surface area (Å²) >= 11 is 0. The molecular weight excluding hydrogens is 249 g/mol. The van der Waals surface area contributed by atoms with Crippen molar-refractivity contribution in [1.82, 2.24) is 0 Å². The molecule has 0 saturated carbocycles. The molecule has 0 spiro atoms. The van der Waals surface area contributed by atoms with Gasteiger partial charge in [-0.05, 0) is 24.3 Å². The smallest absolute Gasteiger partial charge is 0.259 e. The lowest BCUT2D eigenvalue weighted by atomic mass is 10.1. The average Bonchev–Trinajstić information content (AvgIpc) is 2.41. The number of rotatable bonds is 3. The molecule has 5 heteroatoms. The first kappa shape index (κ1) is 12.9. The highest BCUT2D eigenvalue weighted by Gasteiger charge is 2.13. The number of methoxy groups -OCH3 is 1. The molecule has 0 aliphatic carbocycles. The predicted molar refractivity (Wildman–Crippen MR) is 69.0 cm³/mol. The topological polar surface area (TPSA) is 58.6 Å². The van der Waals surface area contributed by atoms with Gasteiger partial charge in [0.15, 0.2) is 0 Å². The summed E-state index contributed by atoms with van der Waals surface area (Å²) in [6.07, 6.45) is 0. The number of hydrogen-bond donors (Lipinski definition) is 2. The van der Waals surface area contributed by atoms with Gasteiger partial charge in [0.2, 0.25) is 0 Å². The first-order chi connectivity index (χ1) is 9.11. The lowest BCUT2D eigenvalue weighted by Gasteiger charge is -2.08. The van der Waals surface area contributed by atoms with Crippen LogP contribution in [0.15, 0.2) is 42.5 Å². The van der Waals surface area contributed by atoms with Crippen molar-refractivity contribution in [3.8, 4) is 11.5 Å². The van der Waals surface area contributed by atoms with Crippen LogP contribution in [0.25, 0.3) is 0 Å². The Bertz CT molecular complexity index is 613. The second kappa shape index (κ2) is 5.39. The summed E-state index contributed by atoms with van der Waals surface area (Å²) in [6.45, 7) is 0. The van der Waals surface area contributed by atoms with E-state index in [2.05, 4.69) is 5.32 Å². The van der Waals surface area contributed by atoms with E-state index in [1.54, 1.807) is 6.07 Å². The number of phenolic OH excluding ortho intramolecular Hbond substituents is 1. The normalized spacial score (nSPS) is 10.0. The molecule has 0 saturated heterocycles. The quantitative estimate of drug-likeness (QED) is 0.893. The van der Waals surface area contributed by atoms with E-state index < -0.39 is 11.7 Å². The number of nitrogens with one attached hydrogen (secondary N) is 1. The van der Waals surface area contributed by atoms with E-state index >= 15 is 0 Å². The summed E-state index contributed by atoms with van der Waals surface area (Å²) in [4.78, 5) is 11.9. The zero-order chi connectivity index (χ0) is 13.8. The molecule has 1 amide bonds. The van der Waals surface area contributed by atoms with Crippen molar-refractivity contribution in [1.29, 1.82) is 0 Å². The van der Waals surface area contributed by atoms with Gasteiger partial charge in [-0.15, -0.1) is 0 Å². The lowest BCUT2D eigenvalue weighted by Crippen LogP contribution is -2.13. The van der Waals surface area contributed by atoms with Crippen LogP contribution in [0.2, 0.25) is 0 Å². The Labute approximate surface area is 109 Å². The Morgan fingerprint density at radius 2 is 2.00 bits per heavy atom. The highest BCUT2D eigenvalue weighted by atomic mass is 19.1. The number of carbonyl (C=O) groups excluding carboxylic acids is 1. The fraction of sp³-hybridized carbons (Fsp3) is 0.0714. The van der Waals surface area contributed by atoms with E-state index in [-0.39, 0.29) is 17.0 Å². The molecule has 2 aromatic carbocycles. The second-order valence-electron chi connectivity index (χ2n) is 3.82. The summed E-state index contributed by atoms with van der Waals surface area (Å²) in [7, 11) is 1.45.